The minimum Gasteiger partial charge on any atom is -0.446 e. The van der Waals surface area contributed by atoms with E-state index >= 15 is 0 Å². The van der Waals surface area contributed by atoms with Crippen LogP contribution >= 0.6 is 11.6 Å². The van der Waals surface area contributed by atoms with Gasteiger partial charge in [0.05, 0.1) is 12.6 Å². The van der Waals surface area contributed by atoms with Gasteiger partial charge in [-0.05, 0) is 68.6 Å². The molecule has 1 saturated heterocycles. The zero-order chi connectivity index (χ0) is 26.9. The maximum atomic E-state index is 13.3. The van der Waals surface area contributed by atoms with Crippen molar-refractivity contribution in [3.8, 4) is 0 Å². The van der Waals surface area contributed by atoms with Crippen LogP contribution in [0.3, 0.4) is 0 Å². The van der Waals surface area contributed by atoms with Crippen molar-refractivity contribution >= 4 is 29.5 Å². The van der Waals surface area contributed by atoms with Gasteiger partial charge >= 0.3 is 6.09 Å². The zero-order valence-electron chi connectivity index (χ0n) is 22.1. The molecule has 1 aliphatic heterocycles. The molecule has 2 aliphatic carbocycles. The summed E-state index contributed by atoms with van der Waals surface area (Å²) in [5.41, 5.74) is 1.12. The summed E-state index contributed by atoms with van der Waals surface area (Å²) in [5.74, 6) is -0.0221. The predicted molar refractivity (Wildman–Crippen MR) is 146 cm³/mol. The number of ether oxygens (including phenoxy) is 1. The summed E-state index contributed by atoms with van der Waals surface area (Å²) < 4.78 is 5.88. The SMILES string of the molecule is O=C(N[C@@H](CC1CCCCC1)C(=O)N[C@H](CO)C[C@@H]1CCNC1=O)OC1CCCC1Cc1cccc(Cl)c1. The number of aliphatic hydroxyl groups excluding tert-OH is 1. The van der Waals surface area contributed by atoms with Crippen LogP contribution in [0.25, 0.3) is 0 Å². The average molecular weight is 548 g/mol. The van der Waals surface area contributed by atoms with Crippen LogP contribution in [0.15, 0.2) is 24.3 Å². The first-order chi connectivity index (χ1) is 18.4. The Morgan fingerprint density at radius 2 is 1.87 bits per heavy atom. The maximum Gasteiger partial charge on any atom is 0.408 e. The Morgan fingerprint density at radius 3 is 2.58 bits per heavy atom. The van der Waals surface area contributed by atoms with Gasteiger partial charge in [0.25, 0.3) is 0 Å². The predicted octanol–water partition coefficient (Wildman–Crippen LogP) is 4.12. The zero-order valence-corrected chi connectivity index (χ0v) is 22.9. The average Bonchev–Trinajstić information content (AvgIpc) is 3.51. The van der Waals surface area contributed by atoms with Gasteiger partial charge in [0.2, 0.25) is 11.8 Å². The van der Waals surface area contributed by atoms with Crippen LogP contribution in [0, 0.1) is 17.8 Å². The normalized spacial score (nSPS) is 25.4. The molecule has 1 aromatic carbocycles. The summed E-state index contributed by atoms with van der Waals surface area (Å²) in [6.07, 6.45) is 9.93. The third-order valence-corrected chi connectivity index (χ3v) is 8.67. The van der Waals surface area contributed by atoms with E-state index in [4.69, 9.17) is 16.3 Å². The number of carbonyl (C=O) groups is 3. The Kier molecular flexibility index (Phi) is 10.7. The molecule has 9 heteroatoms. The molecule has 3 aliphatic rings. The highest BCUT2D eigenvalue weighted by atomic mass is 35.5. The van der Waals surface area contributed by atoms with E-state index in [1.54, 1.807) is 0 Å². The van der Waals surface area contributed by atoms with Crippen LogP contribution < -0.4 is 16.0 Å². The number of aliphatic hydroxyl groups is 1. The Morgan fingerprint density at radius 1 is 1.05 bits per heavy atom. The minimum atomic E-state index is -0.746. The molecule has 3 fully saturated rings. The van der Waals surface area contributed by atoms with Crippen molar-refractivity contribution in [2.24, 2.45) is 17.8 Å². The quantitative estimate of drug-likeness (QED) is 0.332. The number of rotatable bonds is 11. The van der Waals surface area contributed by atoms with E-state index in [1.807, 2.05) is 24.3 Å². The van der Waals surface area contributed by atoms with Crippen LogP contribution in [-0.2, 0) is 20.7 Å². The largest absolute Gasteiger partial charge is 0.446 e. The number of halogens is 1. The number of benzene rings is 1. The van der Waals surface area contributed by atoms with Gasteiger partial charge in [-0.1, -0.05) is 55.8 Å². The van der Waals surface area contributed by atoms with E-state index in [9.17, 15) is 19.5 Å². The summed E-state index contributed by atoms with van der Waals surface area (Å²) in [4.78, 5) is 38.4. The van der Waals surface area contributed by atoms with Crippen molar-refractivity contribution in [2.45, 2.75) is 95.2 Å². The van der Waals surface area contributed by atoms with Gasteiger partial charge in [0, 0.05) is 23.4 Å². The van der Waals surface area contributed by atoms with Gasteiger partial charge in [-0.2, -0.15) is 0 Å². The standard InChI is InChI=1S/C29H42ClN3O5/c30-23-10-4-8-20(15-23)14-21-9-5-11-26(21)38-29(37)33-25(16-19-6-2-1-3-7-19)28(36)32-24(18-34)17-22-12-13-31-27(22)35/h4,8,10,15,19,21-22,24-26,34H,1-3,5-7,9,11-14,16-18H2,(H,31,35)(H,32,36)(H,33,37)/t21?,22-,24-,25-,26?/m0/s1. The lowest BCUT2D eigenvalue weighted by Crippen LogP contribution is -2.52. The van der Waals surface area contributed by atoms with Gasteiger partial charge in [-0.3, -0.25) is 9.59 Å². The Hall–Kier alpha value is -2.32. The number of alkyl carbamates (subject to hydrolysis) is 1. The highest BCUT2D eigenvalue weighted by molar-refractivity contribution is 6.30. The summed E-state index contributed by atoms with van der Waals surface area (Å²) in [6, 6.07) is 6.49. The third-order valence-electron chi connectivity index (χ3n) is 8.44. The van der Waals surface area contributed by atoms with E-state index in [2.05, 4.69) is 16.0 Å². The molecule has 1 heterocycles. The summed E-state index contributed by atoms with van der Waals surface area (Å²) in [7, 11) is 0. The molecule has 0 bridgehead atoms. The first-order valence-electron chi connectivity index (χ1n) is 14.3. The monoisotopic (exact) mass is 547 g/mol. The first-order valence-corrected chi connectivity index (χ1v) is 14.7. The van der Waals surface area contributed by atoms with E-state index < -0.39 is 18.2 Å². The lowest BCUT2D eigenvalue weighted by molar-refractivity contribution is -0.126. The van der Waals surface area contributed by atoms with Crippen molar-refractivity contribution in [1.82, 2.24) is 16.0 Å². The molecule has 2 unspecified atom stereocenters. The molecule has 2 saturated carbocycles. The van der Waals surface area contributed by atoms with Crippen LogP contribution in [-0.4, -0.2) is 54.4 Å². The Balaban J connectivity index is 1.35. The molecule has 0 radical (unpaired) electrons. The van der Waals surface area contributed by atoms with E-state index in [-0.39, 0.29) is 36.4 Å². The lowest BCUT2D eigenvalue weighted by Gasteiger charge is -2.29. The maximum absolute atomic E-state index is 13.3. The first kappa shape index (κ1) is 28.7. The lowest BCUT2D eigenvalue weighted by atomic mass is 9.84. The second-order valence-corrected chi connectivity index (χ2v) is 11.7. The molecule has 4 rings (SSSR count). The summed E-state index contributed by atoms with van der Waals surface area (Å²) in [6.45, 7) is 0.357. The van der Waals surface area contributed by atoms with Crippen LogP contribution in [0.5, 0.6) is 0 Å². The van der Waals surface area contributed by atoms with Crippen LogP contribution in [0.1, 0.15) is 76.2 Å². The highest BCUT2D eigenvalue weighted by Crippen LogP contribution is 2.32. The van der Waals surface area contributed by atoms with Crippen LogP contribution in [0.2, 0.25) is 5.02 Å². The molecular weight excluding hydrogens is 506 g/mol. The molecule has 210 valence electrons. The number of hydrogen-bond donors (Lipinski definition) is 4. The van der Waals surface area contributed by atoms with E-state index in [0.29, 0.717) is 36.7 Å². The minimum absolute atomic E-state index is 0.0398. The van der Waals surface area contributed by atoms with Crippen molar-refractivity contribution in [3.63, 3.8) is 0 Å². The van der Waals surface area contributed by atoms with Crippen molar-refractivity contribution < 1.29 is 24.2 Å². The molecule has 3 amide bonds. The van der Waals surface area contributed by atoms with E-state index in [1.165, 1.54) is 6.42 Å². The molecule has 0 aromatic heterocycles. The molecule has 0 spiro atoms. The molecule has 1 aromatic rings. The Labute approximate surface area is 230 Å². The van der Waals surface area contributed by atoms with Crippen molar-refractivity contribution in [1.29, 1.82) is 0 Å². The Bertz CT molecular complexity index is 954. The smallest absolute Gasteiger partial charge is 0.408 e. The molecule has 4 N–H and O–H groups in total. The van der Waals surface area contributed by atoms with Crippen molar-refractivity contribution in [2.75, 3.05) is 13.2 Å². The van der Waals surface area contributed by atoms with Crippen molar-refractivity contribution in [3.05, 3.63) is 34.9 Å². The van der Waals surface area contributed by atoms with Gasteiger partial charge < -0.3 is 25.8 Å². The molecule has 5 atom stereocenters. The summed E-state index contributed by atoms with van der Waals surface area (Å²) in [5, 5.41) is 19.2. The molecule has 38 heavy (non-hydrogen) atoms. The topological polar surface area (TPSA) is 117 Å². The summed E-state index contributed by atoms with van der Waals surface area (Å²) >= 11 is 6.15. The fourth-order valence-corrected chi connectivity index (χ4v) is 6.57. The number of hydrogen-bond acceptors (Lipinski definition) is 5. The fraction of sp³-hybridized carbons (Fsp3) is 0.690. The number of carbonyl (C=O) groups excluding carboxylic acids is 3. The fourth-order valence-electron chi connectivity index (χ4n) is 6.35. The van der Waals surface area contributed by atoms with Gasteiger partial charge in [0.1, 0.15) is 12.1 Å². The third kappa shape index (κ3) is 8.34. The second-order valence-electron chi connectivity index (χ2n) is 11.3. The molecule has 8 nitrogen and oxygen atoms in total. The van der Waals surface area contributed by atoms with Gasteiger partial charge in [-0.25, -0.2) is 4.79 Å². The van der Waals surface area contributed by atoms with E-state index in [0.717, 1.165) is 56.9 Å². The highest BCUT2D eigenvalue weighted by Gasteiger charge is 2.34. The van der Waals surface area contributed by atoms with Gasteiger partial charge in [-0.15, -0.1) is 0 Å². The second kappa shape index (κ2) is 14.2. The number of amides is 3. The van der Waals surface area contributed by atoms with Crippen LogP contribution in [0.4, 0.5) is 4.79 Å². The molecular formula is C29H42ClN3O5. The number of nitrogens with one attached hydrogen (secondary N) is 3. The van der Waals surface area contributed by atoms with Gasteiger partial charge in [0.15, 0.2) is 0 Å².